The highest BCUT2D eigenvalue weighted by Crippen LogP contribution is 2.21. The molecule has 0 aromatic carbocycles. The summed E-state index contributed by atoms with van der Waals surface area (Å²) < 4.78 is 26.6. The van der Waals surface area contributed by atoms with Crippen LogP contribution in [0.2, 0.25) is 0 Å². The number of rotatable bonds is 4. The molecule has 3 N–H and O–H groups in total. The first-order valence-electron chi connectivity index (χ1n) is 4.57. The number of hydrogen-bond donors (Lipinski definition) is 2. The van der Waals surface area contributed by atoms with Gasteiger partial charge in [0.05, 0.1) is 0 Å². The van der Waals surface area contributed by atoms with E-state index in [1.165, 1.54) is 11.3 Å². The van der Waals surface area contributed by atoms with Gasteiger partial charge in [-0.2, -0.15) is 0 Å². The van der Waals surface area contributed by atoms with E-state index in [0.29, 0.717) is 4.21 Å². The summed E-state index contributed by atoms with van der Waals surface area (Å²) in [5, 5.41) is 0. The van der Waals surface area contributed by atoms with Gasteiger partial charge in [0.15, 0.2) is 0 Å². The van der Waals surface area contributed by atoms with Gasteiger partial charge in [-0.05, 0) is 32.9 Å². The van der Waals surface area contributed by atoms with Gasteiger partial charge < -0.3 is 5.73 Å². The molecular weight excluding hydrogens is 232 g/mol. The highest BCUT2D eigenvalue weighted by Gasteiger charge is 2.25. The zero-order valence-electron chi connectivity index (χ0n) is 9.07. The lowest BCUT2D eigenvalue weighted by atomic mass is 10.1. The molecule has 15 heavy (non-hydrogen) atoms. The van der Waals surface area contributed by atoms with Crippen molar-refractivity contribution in [3.8, 4) is 0 Å². The second-order valence-corrected chi connectivity index (χ2v) is 7.26. The van der Waals surface area contributed by atoms with Crippen LogP contribution in [0, 0.1) is 6.92 Å². The molecule has 0 amide bonds. The van der Waals surface area contributed by atoms with Crippen LogP contribution in [-0.2, 0) is 10.0 Å². The minimum Gasteiger partial charge on any atom is -0.329 e. The first-order chi connectivity index (χ1) is 6.77. The van der Waals surface area contributed by atoms with Crippen molar-refractivity contribution in [1.82, 2.24) is 4.72 Å². The summed E-state index contributed by atoms with van der Waals surface area (Å²) in [7, 11) is -3.42. The number of sulfonamides is 1. The minimum atomic E-state index is -3.42. The molecule has 4 nitrogen and oxygen atoms in total. The molecule has 1 aromatic rings. The molecule has 0 unspecified atom stereocenters. The largest absolute Gasteiger partial charge is 0.329 e. The Bertz CT molecular complexity index is 435. The minimum absolute atomic E-state index is 0.261. The predicted molar refractivity (Wildman–Crippen MR) is 62.5 cm³/mol. The van der Waals surface area contributed by atoms with Crippen LogP contribution in [0.3, 0.4) is 0 Å². The second kappa shape index (κ2) is 4.21. The molecule has 0 atom stereocenters. The number of nitrogens with one attached hydrogen (secondary N) is 1. The van der Waals surface area contributed by atoms with Gasteiger partial charge in [-0.3, -0.25) is 0 Å². The monoisotopic (exact) mass is 248 g/mol. The van der Waals surface area contributed by atoms with Crippen molar-refractivity contribution >= 4 is 21.4 Å². The molecular formula is C9H16N2O2S2. The molecule has 86 valence electrons. The Morgan fingerprint density at radius 1 is 1.47 bits per heavy atom. The fraction of sp³-hybridized carbons (Fsp3) is 0.556. The molecule has 0 fully saturated rings. The average molecular weight is 248 g/mol. The van der Waals surface area contributed by atoms with Crippen LogP contribution in [0.1, 0.15) is 18.7 Å². The van der Waals surface area contributed by atoms with Crippen LogP contribution in [0.5, 0.6) is 0 Å². The highest BCUT2D eigenvalue weighted by atomic mass is 32.2. The van der Waals surface area contributed by atoms with E-state index < -0.39 is 15.6 Å². The number of thiophene rings is 1. The maximum atomic E-state index is 11.9. The summed E-state index contributed by atoms with van der Waals surface area (Å²) in [5.41, 5.74) is 4.86. The third-order valence-corrected chi connectivity index (χ3v) is 5.09. The lowest BCUT2D eigenvalue weighted by Crippen LogP contribution is -2.48. The van der Waals surface area contributed by atoms with Crippen LogP contribution in [0.4, 0.5) is 0 Å². The van der Waals surface area contributed by atoms with Crippen molar-refractivity contribution in [1.29, 1.82) is 0 Å². The maximum absolute atomic E-state index is 11.9. The Balaban J connectivity index is 2.95. The maximum Gasteiger partial charge on any atom is 0.250 e. The quantitative estimate of drug-likeness (QED) is 0.837. The van der Waals surface area contributed by atoms with Crippen LogP contribution >= 0.6 is 11.3 Å². The number of aryl methyl sites for hydroxylation is 1. The van der Waals surface area contributed by atoms with Crippen LogP contribution in [0.25, 0.3) is 0 Å². The Kier molecular flexibility index (Phi) is 3.55. The fourth-order valence-electron chi connectivity index (χ4n) is 1.01. The standard InChI is InChI=1S/C9H16N2O2S2/c1-7-4-5-8(14-7)15(12,13)11-9(2,3)6-10/h4-5,11H,6,10H2,1-3H3. The Morgan fingerprint density at radius 3 is 2.47 bits per heavy atom. The zero-order chi connectivity index (χ0) is 11.7. The summed E-state index contributed by atoms with van der Waals surface area (Å²) in [6, 6.07) is 3.39. The van der Waals surface area contributed by atoms with E-state index in [1.807, 2.05) is 6.92 Å². The summed E-state index contributed by atoms with van der Waals surface area (Å²) in [5.74, 6) is 0. The van der Waals surface area contributed by atoms with Crippen molar-refractivity contribution in [2.45, 2.75) is 30.5 Å². The van der Waals surface area contributed by atoms with E-state index in [0.717, 1.165) is 4.88 Å². The van der Waals surface area contributed by atoms with Crippen LogP contribution < -0.4 is 10.5 Å². The van der Waals surface area contributed by atoms with Crippen molar-refractivity contribution < 1.29 is 8.42 Å². The average Bonchev–Trinajstić information content (AvgIpc) is 2.51. The number of hydrogen-bond acceptors (Lipinski definition) is 4. The third-order valence-electron chi connectivity index (χ3n) is 1.90. The smallest absolute Gasteiger partial charge is 0.250 e. The lowest BCUT2D eigenvalue weighted by molar-refractivity contribution is 0.463. The molecule has 0 aliphatic rings. The Labute approximate surface area is 94.5 Å². The van der Waals surface area contributed by atoms with E-state index in [2.05, 4.69) is 4.72 Å². The molecule has 1 heterocycles. The molecule has 1 rings (SSSR count). The van der Waals surface area contributed by atoms with E-state index in [1.54, 1.807) is 26.0 Å². The normalized spacial score (nSPS) is 13.1. The summed E-state index contributed by atoms with van der Waals surface area (Å²) in [6.45, 7) is 5.64. The van der Waals surface area contributed by atoms with Crippen molar-refractivity contribution in [2.75, 3.05) is 6.54 Å². The van der Waals surface area contributed by atoms with Gasteiger partial charge in [0, 0.05) is 17.0 Å². The van der Waals surface area contributed by atoms with E-state index in [4.69, 9.17) is 5.73 Å². The van der Waals surface area contributed by atoms with E-state index >= 15 is 0 Å². The van der Waals surface area contributed by atoms with Crippen molar-refractivity contribution in [2.24, 2.45) is 5.73 Å². The van der Waals surface area contributed by atoms with Gasteiger partial charge in [-0.15, -0.1) is 11.3 Å². The number of nitrogens with two attached hydrogens (primary N) is 1. The van der Waals surface area contributed by atoms with Gasteiger partial charge in [-0.25, -0.2) is 13.1 Å². The predicted octanol–water partition coefficient (Wildman–Crippen LogP) is 1.07. The van der Waals surface area contributed by atoms with Gasteiger partial charge in [-0.1, -0.05) is 0 Å². The van der Waals surface area contributed by atoms with Gasteiger partial charge in [0.25, 0.3) is 10.0 Å². The molecule has 0 bridgehead atoms. The lowest BCUT2D eigenvalue weighted by Gasteiger charge is -2.23. The first-order valence-corrected chi connectivity index (χ1v) is 6.87. The zero-order valence-corrected chi connectivity index (χ0v) is 10.7. The molecule has 0 aliphatic carbocycles. The van der Waals surface area contributed by atoms with E-state index in [-0.39, 0.29) is 6.54 Å². The van der Waals surface area contributed by atoms with Crippen molar-refractivity contribution in [3.05, 3.63) is 17.0 Å². The van der Waals surface area contributed by atoms with Gasteiger partial charge in [0.2, 0.25) is 0 Å². The molecule has 0 spiro atoms. The van der Waals surface area contributed by atoms with Gasteiger partial charge in [0.1, 0.15) is 4.21 Å². The first kappa shape index (κ1) is 12.6. The SMILES string of the molecule is Cc1ccc(S(=O)(=O)NC(C)(C)CN)s1. The molecule has 0 aliphatic heterocycles. The third kappa shape index (κ3) is 3.27. The Hall–Kier alpha value is -0.430. The Morgan fingerprint density at radius 2 is 2.07 bits per heavy atom. The molecule has 6 heteroatoms. The topological polar surface area (TPSA) is 72.2 Å². The van der Waals surface area contributed by atoms with Gasteiger partial charge >= 0.3 is 0 Å². The summed E-state index contributed by atoms with van der Waals surface area (Å²) in [6.07, 6.45) is 0. The second-order valence-electron chi connectivity index (χ2n) is 4.06. The molecule has 0 saturated carbocycles. The molecule has 0 radical (unpaired) electrons. The van der Waals surface area contributed by atoms with Crippen LogP contribution in [-0.4, -0.2) is 20.5 Å². The summed E-state index contributed by atoms with van der Waals surface area (Å²) in [4.78, 5) is 0.973. The summed E-state index contributed by atoms with van der Waals surface area (Å²) >= 11 is 1.25. The molecule has 1 aromatic heterocycles. The van der Waals surface area contributed by atoms with Crippen molar-refractivity contribution in [3.63, 3.8) is 0 Å². The molecule has 0 saturated heterocycles. The highest BCUT2D eigenvalue weighted by molar-refractivity contribution is 7.91. The van der Waals surface area contributed by atoms with E-state index in [9.17, 15) is 8.42 Å². The fourth-order valence-corrected chi connectivity index (χ4v) is 3.72. The van der Waals surface area contributed by atoms with Crippen LogP contribution in [0.15, 0.2) is 16.3 Å².